The molecule has 1 rings (SSSR count). The van der Waals surface area contributed by atoms with Gasteiger partial charge in [0, 0.05) is 26.2 Å². The summed E-state index contributed by atoms with van der Waals surface area (Å²) in [4.78, 5) is 13.3. The van der Waals surface area contributed by atoms with E-state index in [1.54, 1.807) is 18.2 Å². The fourth-order valence-corrected chi connectivity index (χ4v) is 2.24. The van der Waals surface area contributed by atoms with E-state index in [-0.39, 0.29) is 12.0 Å². The highest BCUT2D eigenvalue weighted by atomic mass is 16.4. The Labute approximate surface area is 121 Å². The molecule has 0 spiro atoms. The Morgan fingerprint density at radius 3 is 2.55 bits per heavy atom. The molecule has 0 bridgehead atoms. The van der Waals surface area contributed by atoms with Gasteiger partial charge in [0.1, 0.15) is 0 Å². The molecule has 0 fully saturated rings. The minimum absolute atomic E-state index is 0.167. The summed E-state index contributed by atoms with van der Waals surface area (Å²) in [6.07, 6.45) is 0.731. The maximum atomic E-state index is 11.0. The van der Waals surface area contributed by atoms with E-state index in [2.05, 4.69) is 25.7 Å². The lowest BCUT2D eigenvalue weighted by molar-refractivity contribution is 0.0696. The quantitative estimate of drug-likeness (QED) is 0.805. The van der Waals surface area contributed by atoms with Crippen molar-refractivity contribution in [2.24, 2.45) is 5.41 Å². The highest BCUT2D eigenvalue weighted by Gasteiger charge is 2.16. The van der Waals surface area contributed by atoms with Gasteiger partial charge in [-0.15, -0.1) is 0 Å². The van der Waals surface area contributed by atoms with E-state index in [1.165, 1.54) is 0 Å². The fourth-order valence-electron chi connectivity index (χ4n) is 2.24. The maximum Gasteiger partial charge on any atom is 0.335 e. The zero-order valence-electron chi connectivity index (χ0n) is 12.6. The van der Waals surface area contributed by atoms with Crippen molar-refractivity contribution in [2.75, 3.05) is 19.7 Å². The standard InChI is InChI=1S/C16H25NO3/c1-16(2,3)12-17(8-5-9-18)11-13-6-4-7-14(10-13)15(19)20/h4,6-7,10,18H,5,8-9,11-12H2,1-3H3,(H,19,20). The minimum Gasteiger partial charge on any atom is -0.478 e. The van der Waals surface area contributed by atoms with Crippen LogP contribution in [0.25, 0.3) is 0 Å². The normalized spacial score (nSPS) is 11.8. The zero-order chi connectivity index (χ0) is 15.2. The number of carboxylic acid groups (broad SMARTS) is 1. The molecule has 4 heteroatoms. The van der Waals surface area contributed by atoms with Crippen molar-refractivity contribution < 1.29 is 15.0 Å². The van der Waals surface area contributed by atoms with E-state index >= 15 is 0 Å². The van der Waals surface area contributed by atoms with Crippen LogP contribution < -0.4 is 0 Å². The number of rotatable bonds is 7. The number of aliphatic hydroxyl groups is 1. The molecule has 0 aliphatic rings. The monoisotopic (exact) mass is 279 g/mol. The smallest absolute Gasteiger partial charge is 0.335 e. The van der Waals surface area contributed by atoms with Gasteiger partial charge in [-0.1, -0.05) is 32.9 Å². The molecule has 0 atom stereocenters. The molecule has 2 N–H and O–H groups in total. The molecule has 1 aromatic rings. The molecule has 0 unspecified atom stereocenters. The molecular formula is C16H25NO3. The van der Waals surface area contributed by atoms with Crippen LogP contribution in [0.2, 0.25) is 0 Å². The summed E-state index contributed by atoms with van der Waals surface area (Å²) in [5.41, 5.74) is 1.48. The number of hydrogen-bond donors (Lipinski definition) is 2. The van der Waals surface area contributed by atoms with Gasteiger partial charge >= 0.3 is 5.97 Å². The van der Waals surface area contributed by atoms with Crippen LogP contribution in [-0.2, 0) is 6.54 Å². The Hall–Kier alpha value is -1.39. The Bertz CT molecular complexity index is 438. The maximum absolute atomic E-state index is 11.0. The third-order valence-electron chi connectivity index (χ3n) is 2.91. The lowest BCUT2D eigenvalue weighted by Gasteiger charge is -2.30. The van der Waals surface area contributed by atoms with Gasteiger partial charge in [0.25, 0.3) is 0 Å². The third kappa shape index (κ3) is 6.17. The van der Waals surface area contributed by atoms with Crippen LogP contribution in [-0.4, -0.2) is 40.8 Å². The topological polar surface area (TPSA) is 60.8 Å². The summed E-state index contributed by atoms with van der Waals surface area (Å²) in [6, 6.07) is 7.05. The lowest BCUT2D eigenvalue weighted by Crippen LogP contribution is -2.33. The molecule has 4 nitrogen and oxygen atoms in total. The predicted octanol–water partition coefficient (Wildman–Crippen LogP) is 2.62. The Balaban J connectivity index is 2.77. The number of hydrogen-bond acceptors (Lipinski definition) is 3. The van der Waals surface area contributed by atoms with Crippen molar-refractivity contribution in [3.63, 3.8) is 0 Å². The first-order valence-corrected chi connectivity index (χ1v) is 6.97. The van der Waals surface area contributed by atoms with Gasteiger partial charge in [-0.2, -0.15) is 0 Å². The largest absolute Gasteiger partial charge is 0.478 e. The van der Waals surface area contributed by atoms with Gasteiger partial charge in [-0.05, 0) is 29.5 Å². The molecule has 0 aromatic heterocycles. The molecule has 112 valence electrons. The van der Waals surface area contributed by atoms with Gasteiger partial charge in [0.15, 0.2) is 0 Å². The zero-order valence-corrected chi connectivity index (χ0v) is 12.6. The van der Waals surface area contributed by atoms with Crippen LogP contribution >= 0.6 is 0 Å². The average Bonchev–Trinajstić information content (AvgIpc) is 2.34. The van der Waals surface area contributed by atoms with Crippen LogP contribution in [0.4, 0.5) is 0 Å². The molecule has 0 aliphatic heterocycles. The van der Waals surface area contributed by atoms with Crippen molar-refractivity contribution >= 4 is 5.97 Å². The first-order chi connectivity index (χ1) is 9.31. The summed E-state index contributed by atoms with van der Waals surface area (Å²) in [5.74, 6) is -0.899. The SMILES string of the molecule is CC(C)(C)CN(CCCO)Cc1cccc(C(=O)O)c1. The molecule has 20 heavy (non-hydrogen) atoms. The summed E-state index contributed by atoms with van der Waals surface area (Å²) in [7, 11) is 0. The number of aliphatic hydroxyl groups excluding tert-OH is 1. The fraction of sp³-hybridized carbons (Fsp3) is 0.562. The molecule has 0 saturated heterocycles. The Kier molecular flexibility index (Phi) is 6.17. The van der Waals surface area contributed by atoms with E-state index in [0.717, 1.165) is 25.1 Å². The van der Waals surface area contributed by atoms with E-state index in [1.807, 2.05) is 6.07 Å². The number of carbonyl (C=O) groups is 1. The van der Waals surface area contributed by atoms with E-state index in [9.17, 15) is 4.79 Å². The molecule has 0 amide bonds. The highest BCUT2D eigenvalue weighted by Crippen LogP contribution is 2.18. The predicted molar refractivity (Wildman–Crippen MR) is 79.8 cm³/mol. The Morgan fingerprint density at radius 2 is 2.00 bits per heavy atom. The van der Waals surface area contributed by atoms with Crippen molar-refractivity contribution in [3.05, 3.63) is 35.4 Å². The third-order valence-corrected chi connectivity index (χ3v) is 2.91. The van der Waals surface area contributed by atoms with Crippen LogP contribution in [0.1, 0.15) is 43.1 Å². The van der Waals surface area contributed by atoms with Crippen LogP contribution in [0.5, 0.6) is 0 Å². The molecule has 0 aliphatic carbocycles. The molecule has 0 heterocycles. The van der Waals surface area contributed by atoms with Gasteiger partial charge in [0.05, 0.1) is 5.56 Å². The van der Waals surface area contributed by atoms with Crippen LogP contribution in [0.15, 0.2) is 24.3 Å². The summed E-state index contributed by atoms with van der Waals surface area (Å²) >= 11 is 0. The van der Waals surface area contributed by atoms with Crippen molar-refractivity contribution in [3.8, 4) is 0 Å². The number of nitrogens with zero attached hydrogens (tertiary/aromatic N) is 1. The second-order valence-electron chi connectivity index (χ2n) is 6.35. The summed E-state index contributed by atoms with van der Waals surface area (Å²) < 4.78 is 0. The van der Waals surface area contributed by atoms with E-state index in [4.69, 9.17) is 10.2 Å². The summed E-state index contributed by atoms with van der Waals surface area (Å²) in [5, 5.41) is 18.0. The highest BCUT2D eigenvalue weighted by molar-refractivity contribution is 5.87. The van der Waals surface area contributed by atoms with Gasteiger partial charge in [0.2, 0.25) is 0 Å². The van der Waals surface area contributed by atoms with Gasteiger partial charge < -0.3 is 10.2 Å². The first-order valence-electron chi connectivity index (χ1n) is 6.97. The second kappa shape index (κ2) is 7.41. The molecular weight excluding hydrogens is 254 g/mol. The van der Waals surface area contributed by atoms with E-state index in [0.29, 0.717) is 12.1 Å². The minimum atomic E-state index is -0.899. The van der Waals surface area contributed by atoms with Crippen LogP contribution in [0, 0.1) is 5.41 Å². The molecule has 1 aromatic carbocycles. The molecule has 0 saturated carbocycles. The Morgan fingerprint density at radius 1 is 1.30 bits per heavy atom. The second-order valence-corrected chi connectivity index (χ2v) is 6.35. The molecule has 0 radical (unpaired) electrons. The van der Waals surface area contributed by atoms with Crippen LogP contribution in [0.3, 0.4) is 0 Å². The van der Waals surface area contributed by atoms with E-state index < -0.39 is 5.97 Å². The van der Waals surface area contributed by atoms with Crippen molar-refractivity contribution in [1.29, 1.82) is 0 Å². The average molecular weight is 279 g/mol. The van der Waals surface area contributed by atoms with Gasteiger partial charge in [-0.3, -0.25) is 4.90 Å². The van der Waals surface area contributed by atoms with Crippen molar-refractivity contribution in [1.82, 2.24) is 4.90 Å². The first kappa shape index (κ1) is 16.7. The summed E-state index contributed by atoms with van der Waals surface area (Å²) in [6.45, 7) is 9.12. The lowest BCUT2D eigenvalue weighted by atomic mass is 9.95. The van der Waals surface area contributed by atoms with Crippen molar-refractivity contribution in [2.45, 2.75) is 33.7 Å². The number of carboxylic acids is 1. The van der Waals surface area contributed by atoms with Gasteiger partial charge in [-0.25, -0.2) is 4.79 Å². The number of benzene rings is 1. The number of aromatic carboxylic acids is 1.